The zero-order valence-electron chi connectivity index (χ0n) is 9.79. The molecule has 0 spiro atoms. The number of carboxylic acid groups (broad SMARTS) is 1. The molecule has 0 atom stereocenters. The molecule has 1 heterocycles. The van der Waals surface area contributed by atoms with Gasteiger partial charge in [0, 0.05) is 25.0 Å². The van der Waals surface area contributed by atoms with Crippen molar-refractivity contribution in [3.8, 4) is 6.07 Å². The van der Waals surface area contributed by atoms with Crippen molar-refractivity contribution in [2.45, 2.75) is 26.3 Å². The molecular weight excluding hydrogens is 220 g/mol. The van der Waals surface area contributed by atoms with Crippen molar-refractivity contribution >= 4 is 11.8 Å². The van der Waals surface area contributed by atoms with Gasteiger partial charge in [0.1, 0.15) is 6.07 Å². The van der Waals surface area contributed by atoms with Gasteiger partial charge in [-0.05, 0) is 13.8 Å². The van der Waals surface area contributed by atoms with Gasteiger partial charge < -0.3 is 10.0 Å². The number of carboxylic acids is 1. The summed E-state index contributed by atoms with van der Waals surface area (Å²) in [6.45, 7) is 4.13. The van der Waals surface area contributed by atoms with Gasteiger partial charge >= 0.3 is 5.97 Å². The number of carbonyl (C=O) groups is 1. The van der Waals surface area contributed by atoms with E-state index in [-0.39, 0.29) is 18.2 Å². The fourth-order valence-corrected chi connectivity index (χ4v) is 1.44. The molecule has 0 saturated carbocycles. The molecule has 90 valence electrons. The third kappa shape index (κ3) is 3.41. The van der Waals surface area contributed by atoms with Crippen LogP contribution in [0.15, 0.2) is 12.4 Å². The Kier molecular flexibility index (Phi) is 4.40. The molecule has 1 rings (SSSR count). The van der Waals surface area contributed by atoms with Crippen LogP contribution in [0.4, 0.5) is 5.82 Å². The quantitative estimate of drug-likeness (QED) is 0.818. The molecule has 0 aromatic carbocycles. The van der Waals surface area contributed by atoms with E-state index in [4.69, 9.17) is 10.4 Å². The van der Waals surface area contributed by atoms with Gasteiger partial charge in [0.05, 0.1) is 6.42 Å². The van der Waals surface area contributed by atoms with Crippen molar-refractivity contribution in [3.05, 3.63) is 18.1 Å². The maximum Gasteiger partial charge on any atom is 0.305 e. The molecule has 0 aliphatic heterocycles. The fourth-order valence-electron chi connectivity index (χ4n) is 1.44. The van der Waals surface area contributed by atoms with E-state index in [0.29, 0.717) is 12.4 Å². The number of anilines is 1. The third-order valence-corrected chi connectivity index (χ3v) is 2.25. The molecule has 0 bridgehead atoms. The first-order valence-electron chi connectivity index (χ1n) is 5.25. The highest BCUT2D eigenvalue weighted by Gasteiger charge is 2.17. The molecule has 1 aromatic rings. The van der Waals surface area contributed by atoms with Crippen molar-refractivity contribution in [1.82, 2.24) is 9.97 Å². The molecule has 0 aliphatic rings. The Bertz CT molecular complexity index is 439. The average molecular weight is 234 g/mol. The van der Waals surface area contributed by atoms with Crippen LogP contribution in [0.25, 0.3) is 0 Å². The molecule has 6 heteroatoms. The standard InChI is InChI=1S/C11H14N4O2/c1-8(2)15(6-3-10(16)17)11-9(7-12)13-4-5-14-11/h4-5,8H,3,6H2,1-2H3,(H,16,17). The van der Waals surface area contributed by atoms with Gasteiger partial charge in [-0.2, -0.15) is 5.26 Å². The summed E-state index contributed by atoms with van der Waals surface area (Å²) < 4.78 is 0. The van der Waals surface area contributed by atoms with Gasteiger partial charge in [-0.25, -0.2) is 9.97 Å². The van der Waals surface area contributed by atoms with Crippen LogP contribution < -0.4 is 4.90 Å². The number of aromatic nitrogens is 2. The topological polar surface area (TPSA) is 90.1 Å². The Hall–Kier alpha value is -2.16. The first-order valence-corrected chi connectivity index (χ1v) is 5.25. The minimum absolute atomic E-state index is 0.000374. The molecule has 0 saturated heterocycles. The van der Waals surface area contributed by atoms with Crippen molar-refractivity contribution < 1.29 is 9.90 Å². The Morgan fingerprint density at radius 3 is 2.71 bits per heavy atom. The van der Waals surface area contributed by atoms with E-state index in [1.165, 1.54) is 12.4 Å². The fraction of sp³-hybridized carbons (Fsp3) is 0.455. The second kappa shape index (κ2) is 5.80. The van der Waals surface area contributed by atoms with Gasteiger partial charge in [-0.15, -0.1) is 0 Å². The lowest BCUT2D eigenvalue weighted by Crippen LogP contribution is -2.34. The van der Waals surface area contributed by atoms with Crippen LogP contribution in [-0.2, 0) is 4.79 Å². The van der Waals surface area contributed by atoms with Gasteiger partial charge in [-0.1, -0.05) is 0 Å². The van der Waals surface area contributed by atoms with Gasteiger partial charge in [0.15, 0.2) is 11.5 Å². The number of hydrogen-bond acceptors (Lipinski definition) is 5. The van der Waals surface area contributed by atoms with Crippen molar-refractivity contribution in [1.29, 1.82) is 5.26 Å². The highest BCUT2D eigenvalue weighted by atomic mass is 16.4. The highest BCUT2D eigenvalue weighted by Crippen LogP contribution is 2.17. The lowest BCUT2D eigenvalue weighted by Gasteiger charge is -2.27. The predicted octanol–water partition coefficient (Wildman–Crippen LogP) is 1.04. The summed E-state index contributed by atoms with van der Waals surface area (Å²) in [6, 6.07) is 2.01. The predicted molar refractivity (Wildman–Crippen MR) is 61.5 cm³/mol. The zero-order chi connectivity index (χ0) is 12.8. The molecule has 0 amide bonds. The second-order valence-corrected chi connectivity index (χ2v) is 3.77. The summed E-state index contributed by atoms with van der Waals surface area (Å²) in [5.41, 5.74) is 0.214. The normalized spacial score (nSPS) is 10.0. The SMILES string of the molecule is CC(C)N(CCC(=O)O)c1nccnc1C#N. The van der Waals surface area contributed by atoms with Crippen LogP contribution in [0.2, 0.25) is 0 Å². The van der Waals surface area contributed by atoms with Crippen LogP contribution in [0.1, 0.15) is 26.0 Å². The van der Waals surface area contributed by atoms with E-state index >= 15 is 0 Å². The van der Waals surface area contributed by atoms with Crippen LogP contribution in [0.5, 0.6) is 0 Å². The second-order valence-electron chi connectivity index (χ2n) is 3.77. The molecule has 6 nitrogen and oxygen atoms in total. The maximum absolute atomic E-state index is 10.6. The minimum atomic E-state index is -0.877. The first kappa shape index (κ1) is 12.9. The smallest absolute Gasteiger partial charge is 0.305 e. The third-order valence-electron chi connectivity index (χ3n) is 2.25. The minimum Gasteiger partial charge on any atom is -0.481 e. The molecule has 17 heavy (non-hydrogen) atoms. The van der Waals surface area contributed by atoms with E-state index in [0.717, 1.165) is 0 Å². The molecule has 0 radical (unpaired) electrons. The Balaban J connectivity index is 2.98. The number of nitrogens with zero attached hydrogens (tertiary/aromatic N) is 4. The summed E-state index contributed by atoms with van der Waals surface area (Å²) in [5, 5.41) is 17.6. The van der Waals surface area contributed by atoms with Crippen LogP contribution in [0, 0.1) is 11.3 Å². The van der Waals surface area contributed by atoms with E-state index in [1.54, 1.807) is 4.90 Å². The van der Waals surface area contributed by atoms with Crippen LogP contribution in [0.3, 0.4) is 0 Å². The van der Waals surface area contributed by atoms with Crippen molar-refractivity contribution in [2.24, 2.45) is 0 Å². The summed E-state index contributed by atoms with van der Waals surface area (Å²) in [4.78, 5) is 20.4. The highest BCUT2D eigenvalue weighted by molar-refractivity contribution is 5.67. The molecule has 0 aliphatic carbocycles. The Labute approximate surface area is 99.5 Å². The first-order chi connectivity index (χ1) is 8.06. The molecular formula is C11H14N4O2. The lowest BCUT2D eigenvalue weighted by molar-refractivity contribution is -0.136. The molecule has 0 fully saturated rings. The van der Waals surface area contributed by atoms with E-state index < -0.39 is 5.97 Å². The van der Waals surface area contributed by atoms with Gasteiger partial charge in [0.2, 0.25) is 0 Å². The molecule has 1 aromatic heterocycles. The van der Waals surface area contributed by atoms with E-state index in [2.05, 4.69) is 9.97 Å². The van der Waals surface area contributed by atoms with Gasteiger partial charge in [-0.3, -0.25) is 4.79 Å². The summed E-state index contributed by atoms with van der Waals surface area (Å²) in [7, 11) is 0. The number of rotatable bonds is 5. The molecule has 0 unspecified atom stereocenters. The maximum atomic E-state index is 10.6. The van der Waals surface area contributed by atoms with Crippen LogP contribution >= 0.6 is 0 Å². The number of hydrogen-bond donors (Lipinski definition) is 1. The van der Waals surface area contributed by atoms with E-state index in [1.807, 2.05) is 19.9 Å². The summed E-state index contributed by atoms with van der Waals surface area (Å²) in [6.07, 6.45) is 2.93. The van der Waals surface area contributed by atoms with E-state index in [9.17, 15) is 4.79 Å². The van der Waals surface area contributed by atoms with Crippen molar-refractivity contribution in [2.75, 3.05) is 11.4 Å². The number of aliphatic carboxylic acids is 1. The largest absolute Gasteiger partial charge is 0.481 e. The number of nitriles is 1. The zero-order valence-corrected chi connectivity index (χ0v) is 9.79. The average Bonchev–Trinajstić information content (AvgIpc) is 2.29. The van der Waals surface area contributed by atoms with Crippen molar-refractivity contribution in [3.63, 3.8) is 0 Å². The van der Waals surface area contributed by atoms with Gasteiger partial charge in [0.25, 0.3) is 0 Å². The van der Waals surface area contributed by atoms with Crippen LogP contribution in [-0.4, -0.2) is 33.6 Å². The Morgan fingerprint density at radius 2 is 2.18 bits per heavy atom. The summed E-state index contributed by atoms with van der Waals surface area (Å²) in [5.74, 6) is -0.440. The molecule has 1 N–H and O–H groups in total. The monoisotopic (exact) mass is 234 g/mol. The lowest BCUT2D eigenvalue weighted by atomic mass is 10.2. The summed E-state index contributed by atoms with van der Waals surface area (Å²) >= 11 is 0. The Morgan fingerprint density at radius 1 is 1.53 bits per heavy atom.